The third kappa shape index (κ3) is 2.17. The highest BCUT2D eigenvalue weighted by Crippen LogP contribution is 2.31. The van der Waals surface area contributed by atoms with Gasteiger partial charge in [0.2, 0.25) is 0 Å². The van der Waals surface area contributed by atoms with Crippen molar-refractivity contribution in [2.75, 3.05) is 0 Å². The summed E-state index contributed by atoms with van der Waals surface area (Å²) in [6.07, 6.45) is 3.39. The summed E-state index contributed by atoms with van der Waals surface area (Å²) < 4.78 is 1.59. The van der Waals surface area contributed by atoms with Crippen molar-refractivity contribution in [3.63, 3.8) is 0 Å². The van der Waals surface area contributed by atoms with Crippen LogP contribution < -0.4 is 5.56 Å². The highest BCUT2D eigenvalue weighted by atomic mass is 16.3. The first-order valence-electron chi connectivity index (χ1n) is 7.17. The molecule has 1 aromatic carbocycles. The molecule has 1 aliphatic rings. The Hall–Kier alpha value is -2.36. The molecule has 1 N–H and O–H groups in total. The summed E-state index contributed by atoms with van der Waals surface area (Å²) in [4.78, 5) is 24.5. The van der Waals surface area contributed by atoms with Crippen LogP contribution in [0.25, 0.3) is 5.69 Å². The number of carbonyl (C=O) groups excluding carboxylic acids is 1. The maximum absolute atomic E-state index is 12.7. The quantitative estimate of drug-likeness (QED) is 0.862. The summed E-state index contributed by atoms with van der Waals surface area (Å²) in [7, 11) is 0. The highest BCUT2D eigenvalue weighted by Gasteiger charge is 2.25. The predicted octanol–water partition coefficient (Wildman–Crippen LogP) is 2.62. The molecule has 108 valence electrons. The van der Waals surface area contributed by atoms with Gasteiger partial charge < -0.3 is 5.11 Å². The minimum atomic E-state index is -0.424. The van der Waals surface area contributed by atoms with Crippen LogP contribution in [0.2, 0.25) is 0 Å². The maximum atomic E-state index is 12.7. The van der Waals surface area contributed by atoms with Crippen molar-refractivity contribution in [2.45, 2.75) is 32.6 Å². The van der Waals surface area contributed by atoms with Gasteiger partial charge in [-0.2, -0.15) is 0 Å². The lowest BCUT2D eigenvalue weighted by molar-refractivity contribution is 0.101. The zero-order valence-electron chi connectivity index (χ0n) is 11.9. The lowest BCUT2D eigenvalue weighted by Gasteiger charge is -2.23. The monoisotopic (exact) mass is 283 g/mol. The van der Waals surface area contributed by atoms with Crippen molar-refractivity contribution in [3.8, 4) is 11.4 Å². The van der Waals surface area contributed by atoms with Crippen LogP contribution in [0.15, 0.2) is 35.1 Å². The number of Topliss-reactive ketones (excluding diaryl/α,β-unsaturated/α-hetero) is 1. The smallest absolute Gasteiger partial charge is 0.269 e. The molecule has 0 bridgehead atoms. The Bertz CT molecular complexity index is 760. The molecule has 0 spiro atoms. The second-order valence-electron chi connectivity index (χ2n) is 5.39. The highest BCUT2D eigenvalue weighted by molar-refractivity contribution is 5.97. The average Bonchev–Trinajstić information content (AvgIpc) is 2.48. The molecule has 1 aliphatic carbocycles. The van der Waals surface area contributed by atoms with Gasteiger partial charge in [-0.05, 0) is 44.7 Å². The van der Waals surface area contributed by atoms with Crippen LogP contribution in [0.3, 0.4) is 0 Å². The minimum Gasteiger partial charge on any atom is -0.507 e. The van der Waals surface area contributed by atoms with Gasteiger partial charge in [0.05, 0.1) is 0 Å². The summed E-state index contributed by atoms with van der Waals surface area (Å²) in [5.41, 5.74) is 1.80. The molecule has 0 aliphatic heterocycles. The number of benzene rings is 1. The molecule has 0 fully saturated rings. The topological polar surface area (TPSA) is 59.3 Å². The Morgan fingerprint density at radius 1 is 1.14 bits per heavy atom. The van der Waals surface area contributed by atoms with Crippen LogP contribution in [0.4, 0.5) is 0 Å². The van der Waals surface area contributed by atoms with Crippen molar-refractivity contribution in [1.29, 1.82) is 0 Å². The van der Waals surface area contributed by atoms with Gasteiger partial charge >= 0.3 is 0 Å². The van der Waals surface area contributed by atoms with Crippen LogP contribution >= 0.6 is 0 Å². The van der Waals surface area contributed by atoms with Gasteiger partial charge in [-0.1, -0.05) is 18.2 Å². The van der Waals surface area contributed by atoms with E-state index < -0.39 is 11.3 Å². The largest absolute Gasteiger partial charge is 0.507 e. The summed E-state index contributed by atoms with van der Waals surface area (Å²) >= 11 is 0. The number of rotatable bonds is 2. The number of ketones is 1. The molecule has 2 aromatic rings. The zero-order valence-corrected chi connectivity index (χ0v) is 11.9. The average molecular weight is 283 g/mol. The fourth-order valence-electron chi connectivity index (χ4n) is 3.05. The molecule has 1 aromatic heterocycles. The van der Waals surface area contributed by atoms with Crippen molar-refractivity contribution in [2.24, 2.45) is 0 Å². The van der Waals surface area contributed by atoms with Gasteiger partial charge in [0.15, 0.2) is 5.78 Å². The number of hydrogen-bond donors (Lipinski definition) is 1. The molecule has 0 saturated carbocycles. The number of aromatic hydroxyl groups is 1. The summed E-state index contributed by atoms with van der Waals surface area (Å²) in [5, 5.41) is 10.3. The number of para-hydroxylation sites is 1. The van der Waals surface area contributed by atoms with Gasteiger partial charge in [-0.25, -0.2) is 0 Å². The van der Waals surface area contributed by atoms with E-state index in [-0.39, 0.29) is 11.3 Å². The third-order valence-corrected chi connectivity index (χ3v) is 4.01. The van der Waals surface area contributed by atoms with Crippen LogP contribution in [0, 0.1) is 0 Å². The maximum Gasteiger partial charge on any atom is 0.269 e. The number of carbonyl (C=O) groups is 1. The molecule has 0 unspecified atom stereocenters. The Morgan fingerprint density at radius 3 is 2.48 bits per heavy atom. The van der Waals surface area contributed by atoms with E-state index in [9.17, 15) is 14.7 Å². The standard InChI is InChI=1S/C17H17NO3/c1-11(19)15-16(20)13-9-5-6-10-14(13)18(17(15)21)12-7-3-2-4-8-12/h2-4,7-8,20H,5-6,9-10H2,1H3. The van der Waals surface area contributed by atoms with Gasteiger partial charge in [0, 0.05) is 16.9 Å². The predicted molar refractivity (Wildman–Crippen MR) is 80.4 cm³/mol. The number of nitrogens with zero attached hydrogens (tertiary/aromatic N) is 1. The molecule has 4 heteroatoms. The van der Waals surface area contributed by atoms with Crippen LogP contribution in [-0.4, -0.2) is 15.5 Å². The molecule has 4 nitrogen and oxygen atoms in total. The molecule has 21 heavy (non-hydrogen) atoms. The first-order valence-corrected chi connectivity index (χ1v) is 7.17. The van der Waals surface area contributed by atoms with Crippen molar-refractivity contribution in [1.82, 2.24) is 4.57 Å². The Morgan fingerprint density at radius 2 is 1.81 bits per heavy atom. The second-order valence-corrected chi connectivity index (χ2v) is 5.39. The molecular weight excluding hydrogens is 266 g/mol. The van der Waals surface area contributed by atoms with E-state index in [1.807, 2.05) is 30.3 Å². The van der Waals surface area contributed by atoms with Crippen molar-refractivity contribution >= 4 is 5.78 Å². The normalized spacial score (nSPS) is 13.8. The molecule has 0 radical (unpaired) electrons. The molecule has 0 saturated heterocycles. The number of hydrogen-bond acceptors (Lipinski definition) is 3. The molecule has 0 atom stereocenters. The van der Waals surface area contributed by atoms with Gasteiger partial charge in [-0.15, -0.1) is 0 Å². The summed E-state index contributed by atoms with van der Waals surface area (Å²) in [6, 6.07) is 9.29. The van der Waals surface area contributed by atoms with E-state index in [1.165, 1.54) is 6.92 Å². The first-order chi connectivity index (χ1) is 10.1. The van der Waals surface area contributed by atoms with Crippen LogP contribution in [0.5, 0.6) is 5.75 Å². The number of pyridine rings is 1. The Labute approximate surface area is 122 Å². The molecule has 1 heterocycles. The second kappa shape index (κ2) is 5.20. The first kappa shape index (κ1) is 13.6. The minimum absolute atomic E-state index is 0.0977. The van der Waals surface area contributed by atoms with E-state index in [1.54, 1.807) is 4.57 Å². The van der Waals surface area contributed by atoms with E-state index in [0.29, 0.717) is 6.42 Å². The SMILES string of the molecule is CC(=O)c1c(O)c2c(n(-c3ccccc3)c1=O)CCCC2. The zero-order chi connectivity index (χ0) is 15.0. The van der Waals surface area contributed by atoms with E-state index in [0.717, 1.165) is 36.2 Å². The van der Waals surface area contributed by atoms with Crippen LogP contribution in [-0.2, 0) is 12.8 Å². The van der Waals surface area contributed by atoms with Crippen molar-refractivity contribution < 1.29 is 9.90 Å². The summed E-state index contributed by atoms with van der Waals surface area (Å²) in [5.74, 6) is -0.509. The molecule has 3 rings (SSSR count). The van der Waals surface area contributed by atoms with E-state index in [2.05, 4.69) is 0 Å². The van der Waals surface area contributed by atoms with E-state index >= 15 is 0 Å². The molecule has 0 amide bonds. The van der Waals surface area contributed by atoms with Gasteiger partial charge in [0.1, 0.15) is 11.3 Å². The van der Waals surface area contributed by atoms with Gasteiger partial charge in [0.25, 0.3) is 5.56 Å². The fraction of sp³-hybridized carbons (Fsp3) is 0.294. The molecular formula is C17H17NO3. The number of fused-ring (bicyclic) bond motifs is 1. The fourth-order valence-corrected chi connectivity index (χ4v) is 3.05. The van der Waals surface area contributed by atoms with Crippen molar-refractivity contribution in [3.05, 3.63) is 57.5 Å². The lowest BCUT2D eigenvalue weighted by atomic mass is 9.92. The van der Waals surface area contributed by atoms with Gasteiger partial charge in [-0.3, -0.25) is 14.2 Å². The Balaban J connectivity index is 2.40. The lowest BCUT2D eigenvalue weighted by Crippen LogP contribution is -2.30. The van der Waals surface area contributed by atoms with Crippen LogP contribution in [0.1, 0.15) is 41.4 Å². The Kier molecular flexibility index (Phi) is 3.37. The summed E-state index contributed by atoms with van der Waals surface area (Å²) in [6.45, 7) is 1.32. The number of aromatic nitrogens is 1. The third-order valence-electron chi connectivity index (χ3n) is 4.01. The van der Waals surface area contributed by atoms with E-state index in [4.69, 9.17) is 0 Å².